The average molecular weight is 243 g/mol. The Morgan fingerprint density at radius 3 is 2.28 bits per heavy atom. The number of esters is 1. The molecule has 0 radical (unpaired) electrons. The summed E-state index contributed by atoms with van der Waals surface area (Å²) in [6, 6.07) is 11.1. The predicted molar refractivity (Wildman–Crippen MR) is 73.5 cm³/mol. The van der Waals surface area contributed by atoms with E-state index in [4.69, 9.17) is 10.5 Å². The molecule has 2 aromatic carbocycles. The minimum atomic E-state index is -0.525. The van der Waals surface area contributed by atoms with E-state index < -0.39 is 5.41 Å². The van der Waals surface area contributed by atoms with E-state index in [1.807, 2.05) is 45.0 Å². The highest BCUT2D eigenvalue weighted by Crippen LogP contribution is 2.31. The first-order chi connectivity index (χ1) is 8.39. The van der Waals surface area contributed by atoms with Crippen LogP contribution in [0.2, 0.25) is 0 Å². The molecule has 2 N–H and O–H groups in total. The number of nitrogen functional groups attached to an aromatic ring is 1. The Bertz CT molecular complexity index is 597. The van der Waals surface area contributed by atoms with Gasteiger partial charge in [0.15, 0.2) is 0 Å². The topological polar surface area (TPSA) is 52.3 Å². The number of carbonyl (C=O) groups is 1. The van der Waals surface area contributed by atoms with E-state index in [2.05, 4.69) is 0 Å². The summed E-state index contributed by atoms with van der Waals surface area (Å²) in [4.78, 5) is 11.9. The first kappa shape index (κ1) is 12.4. The number of hydrogen-bond acceptors (Lipinski definition) is 3. The van der Waals surface area contributed by atoms with Gasteiger partial charge in [-0.3, -0.25) is 4.79 Å². The van der Waals surface area contributed by atoms with E-state index >= 15 is 0 Å². The molecule has 0 fully saturated rings. The number of ether oxygens (including phenoxy) is 1. The van der Waals surface area contributed by atoms with Crippen LogP contribution in [-0.4, -0.2) is 5.97 Å². The van der Waals surface area contributed by atoms with Crippen molar-refractivity contribution in [1.82, 2.24) is 0 Å². The fraction of sp³-hybridized carbons (Fsp3) is 0.267. The summed E-state index contributed by atoms with van der Waals surface area (Å²) in [6.07, 6.45) is 0. The predicted octanol–water partition coefficient (Wildman–Crippen LogP) is 3.37. The second-order valence-electron chi connectivity index (χ2n) is 5.34. The van der Waals surface area contributed by atoms with E-state index in [1.165, 1.54) is 0 Å². The molecule has 0 heterocycles. The molecule has 0 bridgehead atoms. The molecule has 0 saturated heterocycles. The highest BCUT2D eigenvalue weighted by Gasteiger charge is 2.24. The molecule has 3 heteroatoms. The van der Waals surface area contributed by atoms with Gasteiger partial charge in [-0.1, -0.05) is 24.3 Å². The maximum atomic E-state index is 11.9. The Morgan fingerprint density at radius 2 is 1.67 bits per heavy atom. The molecule has 0 aliphatic rings. The van der Waals surface area contributed by atoms with Crippen molar-refractivity contribution in [3.63, 3.8) is 0 Å². The normalized spacial score (nSPS) is 11.5. The monoisotopic (exact) mass is 243 g/mol. The number of carbonyl (C=O) groups excluding carboxylic acids is 1. The molecule has 0 aliphatic heterocycles. The number of anilines is 1. The summed E-state index contributed by atoms with van der Waals surface area (Å²) in [7, 11) is 0. The van der Waals surface area contributed by atoms with Crippen LogP contribution in [0.4, 0.5) is 5.69 Å². The molecule has 2 aromatic rings. The second-order valence-corrected chi connectivity index (χ2v) is 5.34. The Morgan fingerprint density at radius 1 is 1.06 bits per heavy atom. The van der Waals surface area contributed by atoms with Crippen molar-refractivity contribution in [3.05, 3.63) is 36.4 Å². The van der Waals surface area contributed by atoms with E-state index in [0.717, 1.165) is 10.8 Å². The van der Waals surface area contributed by atoms with Gasteiger partial charge in [0.25, 0.3) is 0 Å². The van der Waals surface area contributed by atoms with Crippen LogP contribution in [0.5, 0.6) is 5.75 Å². The summed E-state index contributed by atoms with van der Waals surface area (Å²) in [6.45, 7) is 5.48. The van der Waals surface area contributed by atoms with Crippen LogP contribution in [0.1, 0.15) is 20.8 Å². The smallest absolute Gasteiger partial charge is 0.316 e. The third-order valence-corrected chi connectivity index (χ3v) is 2.73. The quantitative estimate of drug-likeness (QED) is 0.474. The standard InChI is InChI=1S/C15H17NO2/c1-15(2,3)14(17)18-13-9-8-12(16)10-6-4-5-7-11(10)13/h4-9H,16H2,1-3H3. The van der Waals surface area contributed by atoms with Crippen LogP contribution >= 0.6 is 0 Å². The molecule has 0 atom stereocenters. The summed E-state index contributed by atoms with van der Waals surface area (Å²) in [5, 5.41) is 1.76. The zero-order valence-electron chi connectivity index (χ0n) is 10.9. The number of hydrogen-bond donors (Lipinski definition) is 1. The molecule has 0 unspecified atom stereocenters. The number of benzene rings is 2. The van der Waals surface area contributed by atoms with Crippen molar-refractivity contribution in [3.8, 4) is 5.75 Å². The van der Waals surface area contributed by atoms with Crippen molar-refractivity contribution in [2.24, 2.45) is 5.41 Å². The minimum absolute atomic E-state index is 0.252. The maximum Gasteiger partial charge on any atom is 0.316 e. The van der Waals surface area contributed by atoms with Gasteiger partial charge in [0.2, 0.25) is 0 Å². The van der Waals surface area contributed by atoms with Crippen LogP contribution in [0.25, 0.3) is 10.8 Å². The van der Waals surface area contributed by atoms with Crippen molar-refractivity contribution in [2.45, 2.75) is 20.8 Å². The van der Waals surface area contributed by atoms with E-state index in [9.17, 15) is 4.79 Å². The lowest BCUT2D eigenvalue weighted by Gasteiger charge is -2.17. The number of rotatable bonds is 1. The summed E-state index contributed by atoms with van der Waals surface area (Å²) in [5.41, 5.74) is 6.06. The Kier molecular flexibility index (Phi) is 2.99. The van der Waals surface area contributed by atoms with Crippen molar-refractivity contribution in [2.75, 3.05) is 5.73 Å². The zero-order valence-corrected chi connectivity index (χ0v) is 10.9. The van der Waals surface area contributed by atoms with Gasteiger partial charge >= 0.3 is 5.97 Å². The van der Waals surface area contributed by atoms with E-state index in [-0.39, 0.29) is 5.97 Å². The van der Waals surface area contributed by atoms with Crippen LogP contribution < -0.4 is 10.5 Å². The third kappa shape index (κ3) is 2.30. The fourth-order valence-electron chi connectivity index (χ4n) is 1.64. The first-order valence-corrected chi connectivity index (χ1v) is 5.89. The van der Waals surface area contributed by atoms with Gasteiger partial charge in [0.05, 0.1) is 5.41 Å². The third-order valence-electron chi connectivity index (χ3n) is 2.73. The SMILES string of the molecule is CC(C)(C)C(=O)Oc1ccc(N)c2ccccc12. The lowest BCUT2D eigenvalue weighted by Crippen LogP contribution is -2.25. The Hall–Kier alpha value is -2.03. The molecular formula is C15H17NO2. The fourth-order valence-corrected chi connectivity index (χ4v) is 1.64. The first-order valence-electron chi connectivity index (χ1n) is 5.89. The Labute approximate surface area is 107 Å². The van der Waals surface area contributed by atoms with Gasteiger partial charge in [-0.2, -0.15) is 0 Å². The molecule has 0 aliphatic carbocycles. The van der Waals surface area contributed by atoms with Crippen LogP contribution in [0, 0.1) is 5.41 Å². The Balaban J connectivity index is 2.47. The molecule has 94 valence electrons. The second kappa shape index (κ2) is 4.33. The highest BCUT2D eigenvalue weighted by molar-refractivity contribution is 5.98. The van der Waals surface area contributed by atoms with Crippen molar-refractivity contribution in [1.29, 1.82) is 0 Å². The van der Waals surface area contributed by atoms with Crippen molar-refractivity contribution < 1.29 is 9.53 Å². The summed E-state index contributed by atoms with van der Waals surface area (Å²) >= 11 is 0. The van der Waals surface area contributed by atoms with E-state index in [1.54, 1.807) is 12.1 Å². The van der Waals surface area contributed by atoms with Crippen LogP contribution in [0.15, 0.2) is 36.4 Å². The van der Waals surface area contributed by atoms with Crippen LogP contribution in [0.3, 0.4) is 0 Å². The van der Waals surface area contributed by atoms with Gasteiger partial charge in [0, 0.05) is 16.5 Å². The molecule has 3 nitrogen and oxygen atoms in total. The molecule has 0 aromatic heterocycles. The highest BCUT2D eigenvalue weighted by atomic mass is 16.5. The summed E-state index contributed by atoms with van der Waals surface area (Å²) < 4.78 is 5.45. The van der Waals surface area contributed by atoms with Gasteiger partial charge in [0.1, 0.15) is 5.75 Å². The van der Waals surface area contributed by atoms with Gasteiger partial charge < -0.3 is 10.5 Å². The molecule has 0 amide bonds. The summed E-state index contributed by atoms with van der Waals surface area (Å²) in [5.74, 6) is 0.303. The van der Waals surface area contributed by atoms with Crippen LogP contribution in [-0.2, 0) is 4.79 Å². The lowest BCUT2D eigenvalue weighted by molar-refractivity contribution is -0.142. The number of fused-ring (bicyclic) bond motifs is 1. The molecular weight excluding hydrogens is 226 g/mol. The van der Waals surface area contributed by atoms with Gasteiger partial charge in [-0.15, -0.1) is 0 Å². The molecule has 2 rings (SSSR count). The molecule has 18 heavy (non-hydrogen) atoms. The number of nitrogens with two attached hydrogens (primary N) is 1. The van der Waals surface area contributed by atoms with E-state index in [0.29, 0.717) is 11.4 Å². The molecule has 0 spiro atoms. The minimum Gasteiger partial charge on any atom is -0.425 e. The average Bonchev–Trinajstić information content (AvgIpc) is 2.32. The van der Waals surface area contributed by atoms with Gasteiger partial charge in [-0.25, -0.2) is 0 Å². The lowest BCUT2D eigenvalue weighted by atomic mass is 9.97. The van der Waals surface area contributed by atoms with Crippen molar-refractivity contribution >= 4 is 22.4 Å². The van der Waals surface area contributed by atoms with Gasteiger partial charge in [-0.05, 0) is 32.9 Å². The largest absolute Gasteiger partial charge is 0.425 e. The molecule has 0 saturated carbocycles. The maximum absolute atomic E-state index is 11.9. The zero-order chi connectivity index (χ0) is 13.3.